The van der Waals surface area contributed by atoms with Gasteiger partial charge in [0.2, 0.25) is 0 Å². The molecule has 0 saturated carbocycles. The molecule has 0 spiro atoms. The Morgan fingerprint density at radius 3 is 2.88 bits per heavy atom. The zero-order valence-electron chi connectivity index (χ0n) is 10.4. The first-order valence-electron chi connectivity index (χ1n) is 6.14. The summed E-state index contributed by atoms with van der Waals surface area (Å²) < 4.78 is 0. The van der Waals surface area contributed by atoms with Gasteiger partial charge in [0.05, 0.1) is 5.56 Å². The van der Waals surface area contributed by atoms with Crippen molar-refractivity contribution in [2.45, 2.75) is 45.6 Å². The van der Waals surface area contributed by atoms with Crippen LogP contribution in [0.4, 0.5) is 0 Å². The molecule has 17 heavy (non-hydrogen) atoms. The Morgan fingerprint density at radius 2 is 2.29 bits per heavy atom. The molecule has 0 aliphatic heterocycles. The molecule has 0 saturated heterocycles. The fourth-order valence-electron chi connectivity index (χ4n) is 2.75. The van der Waals surface area contributed by atoms with E-state index in [-0.39, 0.29) is 11.5 Å². The highest BCUT2D eigenvalue weighted by Crippen LogP contribution is 2.38. The van der Waals surface area contributed by atoms with E-state index < -0.39 is 0 Å². The van der Waals surface area contributed by atoms with Crippen molar-refractivity contribution in [3.8, 4) is 5.75 Å². The van der Waals surface area contributed by atoms with Crippen molar-refractivity contribution in [3.63, 3.8) is 0 Å². The molecule has 2 rings (SSSR count). The number of nitrogens with two attached hydrogens (primary N) is 1. The minimum Gasteiger partial charge on any atom is -0.507 e. The molecule has 1 unspecified atom stereocenters. The molecule has 0 heterocycles. The van der Waals surface area contributed by atoms with Crippen molar-refractivity contribution in [2.24, 2.45) is 5.73 Å². The molecular weight excluding hydrogens is 214 g/mol. The minimum atomic E-state index is -0.0993. The molecule has 1 aromatic rings. The summed E-state index contributed by atoms with van der Waals surface area (Å²) in [7, 11) is 0. The lowest BCUT2D eigenvalue weighted by Crippen LogP contribution is -2.14. The third-order valence-electron chi connectivity index (χ3n) is 3.73. The number of fused-ring (bicyclic) bond motifs is 1. The lowest BCUT2D eigenvalue weighted by atomic mass is 9.80. The fraction of sp³-hybridized carbons (Fsp3) is 0.500. The lowest BCUT2D eigenvalue weighted by Gasteiger charge is -2.26. The van der Waals surface area contributed by atoms with Gasteiger partial charge in [0.25, 0.3) is 0 Å². The summed E-state index contributed by atoms with van der Waals surface area (Å²) in [6.45, 7) is 3.94. The second-order valence-corrected chi connectivity index (χ2v) is 4.87. The standard InChI is InChI=1S/C14H19NO2/c1-8-4-3-5-10-11(8)6-12(9(2)16)14(17)13(10)7-15/h6,8,17H,3-5,7,15H2,1-2H3. The summed E-state index contributed by atoms with van der Waals surface area (Å²) in [6, 6.07) is 1.86. The molecule has 1 aliphatic rings. The number of ketones is 1. The van der Waals surface area contributed by atoms with Gasteiger partial charge in [-0.3, -0.25) is 4.79 Å². The van der Waals surface area contributed by atoms with Crippen LogP contribution >= 0.6 is 0 Å². The van der Waals surface area contributed by atoms with E-state index in [1.165, 1.54) is 12.5 Å². The number of carbonyl (C=O) groups is 1. The molecular formula is C14H19NO2. The van der Waals surface area contributed by atoms with Gasteiger partial charge in [0, 0.05) is 12.1 Å². The molecule has 0 fully saturated rings. The van der Waals surface area contributed by atoms with Crippen LogP contribution < -0.4 is 5.73 Å². The summed E-state index contributed by atoms with van der Waals surface area (Å²) in [6.07, 6.45) is 3.22. The Balaban J connectivity index is 2.69. The second kappa shape index (κ2) is 4.49. The minimum absolute atomic E-state index is 0.0906. The van der Waals surface area contributed by atoms with E-state index in [2.05, 4.69) is 6.92 Å². The van der Waals surface area contributed by atoms with E-state index in [1.54, 1.807) is 0 Å². The molecule has 3 N–H and O–H groups in total. The molecule has 92 valence electrons. The van der Waals surface area contributed by atoms with Gasteiger partial charge in [-0.15, -0.1) is 0 Å². The maximum absolute atomic E-state index is 11.5. The number of hydrogen-bond donors (Lipinski definition) is 2. The highest BCUT2D eigenvalue weighted by molar-refractivity contribution is 5.97. The Hall–Kier alpha value is -1.35. The molecule has 0 aromatic heterocycles. The maximum atomic E-state index is 11.5. The van der Waals surface area contributed by atoms with Crippen molar-refractivity contribution in [1.29, 1.82) is 0 Å². The number of phenolic OH excluding ortho intramolecular Hbond substituents is 1. The third kappa shape index (κ3) is 1.95. The Bertz CT molecular complexity index is 466. The normalized spacial score (nSPS) is 18.9. The lowest BCUT2D eigenvalue weighted by molar-refractivity contribution is 0.101. The number of aromatic hydroxyl groups is 1. The number of carbonyl (C=O) groups excluding carboxylic acids is 1. The highest BCUT2D eigenvalue weighted by Gasteiger charge is 2.24. The van der Waals surface area contributed by atoms with E-state index in [1.807, 2.05) is 6.07 Å². The smallest absolute Gasteiger partial charge is 0.163 e. The van der Waals surface area contributed by atoms with Crippen LogP contribution in [0.25, 0.3) is 0 Å². The van der Waals surface area contributed by atoms with E-state index in [0.717, 1.165) is 30.4 Å². The van der Waals surface area contributed by atoms with Crippen molar-refractivity contribution in [2.75, 3.05) is 0 Å². The first-order valence-corrected chi connectivity index (χ1v) is 6.14. The fourth-order valence-corrected chi connectivity index (χ4v) is 2.75. The van der Waals surface area contributed by atoms with Gasteiger partial charge < -0.3 is 10.8 Å². The molecule has 1 aromatic carbocycles. The summed E-state index contributed by atoms with van der Waals surface area (Å²) in [5.41, 5.74) is 9.25. The van der Waals surface area contributed by atoms with Crippen LogP contribution in [-0.4, -0.2) is 10.9 Å². The third-order valence-corrected chi connectivity index (χ3v) is 3.73. The van der Waals surface area contributed by atoms with Crippen LogP contribution in [0, 0.1) is 0 Å². The topological polar surface area (TPSA) is 63.3 Å². The van der Waals surface area contributed by atoms with Crippen molar-refractivity contribution in [1.82, 2.24) is 0 Å². The molecule has 3 nitrogen and oxygen atoms in total. The van der Waals surface area contributed by atoms with Crippen molar-refractivity contribution >= 4 is 5.78 Å². The van der Waals surface area contributed by atoms with Gasteiger partial charge >= 0.3 is 0 Å². The zero-order valence-corrected chi connectivity index (χ0v) is 10.4. The Morgan fingerprint density at radius 1 is 1.59 bits per heavy atom. The van der Waals surface area contributed by atoms with Gasteiger partial charge in [-0.25, -0.2) is 0 Å². The van der Waals surface area contributed by atoms with Crippen LogP contribution in [-0.2, 0) is 13.0 Å². The second-order valence-electron chi connectivity index (χ2n) is 4.87. The molecule has 0 bridgehead atoms. The Kier molecular flexibility index (Phi) is 3.20. The van der Waals surface area contributed by atoms with Crippen molar-refractivity contribution < 1.29 is 9.90 Å². The van der Waals surface area contributed by atoms with Crippen LogP contribution in [0.3, 0.4) is 0 Å². The predicted molar refractivity (Wildman–Crippen MR) is 67.4 cm³/mol. The number of phenols is 1. The largest absolute Gasteiger partial charge is 0.507 e. The van der Waals surface area contributed by atoms with Crippen molar-refractivity contribution in [3.05, 3.63) is 28.3 Å². The van der Waals surface area contributed by atoms with E-state index in [0.29, 0.717) is 18.0 Å². The summed E-state index contributed by atoms with van der Waals surface area (Å²) >= 11 is 0. The van der Waals surface area contributed by atoms with Gasteiger partial charge in [-0.1, -0.05) is 6.92 Å². The van der Waals surface area contributed by atoms with Crippen LogP contribution in [0.2, 0.25) is 0 Å². The average molecular weight is 233 g/mol. The molecule has 0 radical (unpaired) electrons. The summed E-state index contributed by atoms with van der Waals surface area (Å²) in [4.78, 5) is 11.5. The first-order chi connectivity index (χ1) is 8.06. The average Bonchev–Trinajstić information content (AvgIpc) is 2.28. The highest BCUT2D eigenvalue weighted by atomic mass is 16.3. The first kappa shape index (κ1) is 12.1. The summed E-state index contributed by atoms with van der Waals surface area (Å²) in [5, 5.41) is 10.1. The molecule has 1 aliphatic carbocycles. The number of Topliss-reactive ketones (excluding diaryl/α,β-unsaturated/α-hetero) is 1. The van der Waals surface area contributed by atoms with Crippen LogP contribution in [0.15, 0.2) is 6.07 Å². The predicted octanol–water partition coefficient (Wildman–Crippen LogP) is 2.49. The molecule has 0 amide bonds. The quantitative estimate of drug-likeness (QED) is 0.771. The van der Waals surface area contributed by atoms with Crippen LogP contribution in [0.5, 0.6) is 5.75 Å². The SMILES string of the molecule is CC(=O)c1cc2c(c(CN)c1O)CCCC2C. The molecule has 1 atom stereocenters. The van der Waals surface area contributed by atoms with E-state index in [4.69, 9.17) is 5.73 Å². The number of benzene rings is 1. The zero-order chi connectivity index (χ0) is 12.6. The van der Waals surface area contributed by atoms with E-state index >= 15 is 0 Å². The van der Waals surface area contributed by atoms with Gasteiger partial charge in [-0.2, -0.15) is 0 Å². The number of hydrogen-bond acceptors (Lipinski definition) is 3. The van der Waals surface area contributed by atoms with E-state index in [9.17, 15) is 9.90 Å². The van der Waals surface area contributed by atoms with Gasteiger partial charge in [0.1, 0.15) is 5.75 Å². The summed E-state index contributed by atoms with van der Waals surface area (Å²) in [5.74, 6) is 0.438. The van der Waals surface area contributed by atoms with Gasteiger partial charge in [0.15, 0.2) is 5.78 Å². The Labute approximate surface area is 102 Å². The maximum Gasteiger partial charge on any atom is 0.163 e. The number of rotatable bonds is 2. The molecule has 3 heteroatoms. The monoisotopic (exact) mass is 233 g/mol. The van der Waals surface area contributed by atoms with Gasteiger partial charge in [-0.05, 0) is 49.3 Å². The van der Waals surface area contributed by atoms with Crippen LogP contribution in [0.1, 0.15) is 59.7 Å².